The van der Waals surface area contributed by atoms with Crippen molar-refractivity contribution in [1.29, 1.82) is 0 Å². The van der Waals surface area contributed by atoms with Crippen molar-refractivity contribution in [1.82, 2.24) is 4.57 Å². The quantitative estimate of drug-likeness (QED) is 0.504. The molecule has 0 bridgehead atoms. The van der Waals surface area contributed by atoms with Crippen LogP contribution in [0.5, 0.6) is 0 Å². The Kier molecular flexibility index (Phi) is 7.57. The molecule has 124 valence electrons. The van der Waals surface area contributed by atoms with Crippen molar-refractivity contribution in [3.63, 3.8) is 0 Å². The second-order valence-corrected chi connectivity index (χ2v) is 9.68. The molecule has 0 aliphatic rings. The average molecular weight is 337 g/mol. The first-order valence-corrected chi connectivity index (χ1v) is 10.2. The number of nitrogens with zero attached hydrogens (tertiary/aromatic N) is 1. The summed E-state index contributed by atoms with van der Waals surface area (Å²) in [4.78, 5) is 0. The molecule has 1 heterocycles. The Morgan fingerprint density at radius 3 is 2.09 bits per heavy atom. The van der Waals surface area contributed by atoms with Crippen molar-refractivity contribution in [3.05, 3.63) is 34.7 Å². The Hall–Kier alpha value is -0.380. The first kappa shape index (κ1) is 19.7. The summed E-state index contributed by atoms with van der Waals surface area (Å²) in [5.74, 6) is 0. The minimum Gasteiger partial charge on any atom is -0.338 e. The van der Waals surface area contributed by atoms with Crippen molar-refractivity contribution >= 4 is 30.0 Å². The zero-order valence-corrected chi connectivity index (χ0v) is 17.5. The second-order valence-electron chi connectivity index (χ2n) is 6.28. The Bertz CT molecular complexity index is 545. The minimum absolute atomic E-state index is 0.0311. The summed E-state index contributed by atoms with van der Waals surface area (Å²) in [6.45, 7) is 15.8. The van der Waals surface area contributed by atoms with Gasteiger partial charge in [0, 0.05) is 28.2 Å². The molecule has 22 heavy (non-hydrogen) atoms. The molecule has 3 unspecified atom stereocenters. The maximum atomic E-state index is 3.03. The molecule has 0 N–H and O–H groups in total. The number of hydrogen-bond donors (Lipinski definition) is 0. The summed E-state index contributed by atoms with van der Waals surface area (Å²) in [5, 5.41) is 0.0311. The Balaban J connectivity index is 3.81. The van der Waals surface area contributed by atoms with E-state index in [1.54, 1.807) is 0 Å². The summed E-state index contributed by atoms with van der Waals surface area (Å²) < 4.78 is 2.58. The fourth-order valence-corrected chi connectivity index (χ4v) is 4.60. The smallest absolute Gasteiger partial charge is 0.0527 e. The Morgan fingerprint density at radius 1 is 1.14 bits per heavy atom. The number of aromatic nitrogens is 1. The van der Waals surface area contributed by atoms with Crippen molar-refractivity contribution in [3.8, 4) is 0 Å². The van der Waals surface area contributed by atoms with Gasteiger partial charge < -0.3 is 4.57 Å². The van der Waals surface area contributed by atoms with Crippen LogP contribution >= 0.6 is 17.8 Å². The molecule has 1 nitrogen and oxygen atoms in total. The molecule has 0 aliphatic carbocycles. The van der Waals surface area contributed by atoms with Gasteiger partial charge in [-0.2, -0.15) is 0 Å². The summed E-state index contributed by atoms with van der Waals surface area (Å²) in [7, 11) is 4.00. The standard InChI is InChI=1S/C19H33NP2/c1-8-12-15-16(13-9-2)18(14(5)22-11-4)20(17(15)10-3)19(6,7)21/h8-9,12-14,22H,10-11,21H2,1-7H3/b12-8-,13-9-. The van der Waals surface area contributed by atoms with E-state index in [1.807, 2.05) is 0 Å². The van der Waals surface area contributed by atoms with E-state index in [1.165, 1.54) is 28.7 Å². The van der Waals surface area contributed by atoms with Crippen LogP contribution in [0, 0.1) is 0 Å². The van der Waals surface area contributed by atoms with Crippen LogP contribution in [0.1, 0.15) is 76.6 Å². The lowest BCUT2D eigenvalue weighted by Crippen LogP contribution is -2.23. The van der Waals surface area contributed by atoms with Crippen LogP contribution in [0.3, 0.4) is 0 Å². The molecule has 1 aromatic rings. The number of hydrogen-bond acceptors (Lipinski definition) is 0. The van der Waals surface area contributed by atoms with E-state index in [0.29, 0.717) is 5.66 Å². The van der Waals surface area contributed by atoms with Gasteiger partial charge in [-0.1, -0.05) is 45.1 Å². The van der Waals surface area contributed by atoms with E-state index in [2.05, 4.69) is 86.6 Å². The molecule has 0 saturated heterocycles. The van der Waals surface area contributed by atoms with Crippen LogP contribution in [-0.2, 0) is 11.7 Å². The molecular formula is C19H33NP2. The second kappa shape index (κ2) is 8.47. The lowest BCUT2D eigenvalue weighted by Gasteiger charge is -2.29. The molecule has 0 aliphatic heterocycles. The first-order chi connectivity index (χ1) is 10.3. The van der Waals surface area contributed by atoms with Crippen LogP contribution < -0.4 is 0 Å². The first-order valence-electron chi connectivity index (χ1n) is 8.38. The highest BCUT2D eigenvalue weighted by Crippen LogP contribution is 2.44. The topological polar surface area (TPSA) is 4.93 Å². The van der Waals surface area contributed by atoms with Gasteiger partial charge in [0.1, 0.15) is 0 Å². The van der Waals surface area contributed by atoms with Crippen LogP contribution in [0.15, 0.2) is 12.2 Å². The zero-order valence-electron chi connectivity index (χ0n) is 15.3. The summed E-state index contributed by atoms with van der Waals surface area (Å²) in [6.07, 6.45) is 11.2. The molecule has 0 saturated carbocycles. The van der Waals surface area contributed by atoms with Gasteiger partial charge in [-0.3, -0.25) is 0 Å². The van der Waals surface area contributed by atoms with E-state index in [4.69, 9.17) is 0 Å². The number of allylic oxidation sites excluding steroid dienone is 2. The van der Waals surface area contributed by atoms with Gasteiger partial charge in [0.05, 0.1) is 5.28 Å². The van der Waals surface area contributed by atoms with E-state index in [-0.39, 0.29) is 5.28 Å². The highest BCUT2D eigenvalue weighted by Gasteiger charge is 2.28. The van der Waals surface area contributed by atoms with E-state index in [9.17, 15) is 0 Å². The van der Waals surface area contributed by atoms with E-state index >= 15 is 0 Å². The SMILES string of the molecule is C/C=C\c1c(/C=C\C)c(C(C)PCC)n(C(C)(C)P)c1CC. The largest absolute Gasteiger partial charge is 0.338 e. The maximum absolute atomic E-state index is 3.03. The van der Waals surface area contributed by atoms with E-state index < -0.39 is 0 Å². The molecule has 0 amide bonds. The normalized spacial score (nSPS) is 14.9. The summed E-state index contributed by atoms with van der Waals surface area (Å²) in [6, 6.07) is 0. The van der Waals surface area contributed by atoms with Gasteiger partial charge in [0.25, 0.3) is 0 Å². The summed E-state index contributed by atoms with van der Waals surface area (Å²) in [5.41, 5.74) is 6.38. The van der Waals surface area contributed by atoms with Crippen molar-refractivity contribution in [2.45, 2.75) is 65.8 Å². The third-order valence-electron chi connectivity index (χ3n) is 3.89. The fraction of sp³-hybridized carbons (Fsp3) is 0.579. The van der Waals surface area contributed by atoms with Crippen molar-refractivity contribution in [2.75, 3.05) is 6.16 Å². The third-order valence-corrected chi connectivity index (χ3v) is 5.44. The molecule has 1 aromatic heterocycles. The van der Waals surface area contributed by atoms with Gasteiger partial charge in [0.15, 0.2) is 0 Å². The summed E-state index contributed by atoms with van der Waals surface area (Å²) >= 11 is 0. The molecule has 0 fully saturated rings. The lowest BCUT2D eigenvalue weighted by molar-refractivity contribution is 0.499. The van der Waals surface area contributed by atoms with Gasteiger partial charge in [-0.05, 0) is 40.3 Å². The van der Waals surface area contributed by atoms with Gasteiger partial charge in [-0.25, -0.2) is 0 Å². The highest BCUT2D eigenvalue weighted by atomic mass is 31.1. The molecule has 0 spiro atoms. The Morgan fingerprint density at radius 2 is 1.68 bits per heavy atom. The van der Waals surface area contributed by atoms with Gasteiger partial charge in [0.2, 0.25) is 0 Å². The zero-order chi connectivity index (χ0) is 16.9. The van der Waals surface area contributed by atoms with Crippen LogP contribution in [0.2, 0.25) is 0 Å². The monoisotopic (exact) mass is 337 g/mol. The van der Waals surface area contributed by atoms with Crippen molar-refractivity contribution < 1.29 is 0 Å². The maximum Gasteiger partial charge on any atom is 0.0527 e. The lowest BCUT2D eigenvalue weighted by atomic mass is 10.0. The number of rotatable bonds is 7. The average Bonchev–Trinajstić information content (AvgIpc) is 2.74. The Labute approximate surface area is 141 Å². The van der Waals surface area contributed by atoms with Gasteiger partial charge in [-0.15, -0.1) is 17.8 Å². The fourth-order valence-electron chi connectivity index (χ4n) is 3.21. The molecular weight excluding hydrogens is 304 g/mol. The van der Waals surface area contributed by atoms with Crippen molar-refractivity contribution in [2.24, 2.45) is 0 Å². The molecule has 1 rings (SSSR count). The third kappa shape index (κ3) is 4.12. The molecule has 0 radical (unpaired) electrons. The molecule has 3 atom stereocenters. The van der Waals surface area contributed by atoms with Crippen LogP contribution in [0.25, 0.3) is 12.2 Å². The molecule has 3 heteroatoms. The minimum atomic E-state index is 0.0311. The predicted octanol–water partition coefficient (Wildman–Crippen LogP) is 6.44. The molecule has 0 aromatic carbocycles. The van der Waals surface area contributed by atoms with E-state index in [0.717, 1.165) is 15.0 Å². The van der Waals surface area contributed by atoms with Crippen LogP contribution in [-0.4, -0.2) is 10.7 Å². The van der Waals surface area contributed by atoms with Gasteiger partial charge >= 0.3 is 0 Å². The predicted molar refractivity (Wildman–Crippen MR) is 110 cm³/mol. The van der Waals surface area contributed by atoms with Crippen LogP contribution in [0.4, 0.5) is 0 Å². The highest BCUT2D eigenvalue weighted by molar-refractivity contribution is 7.38.